The Labute approximate surface area is 143 Å². The number of carbonyl (C=O) groups is 2. The van der Waals surface area contributed by atoms with Gasteiger partial charge in [0.25, 0.3) is 0 Å². The molecule has 0 aliphatic heterocycles. The molecule has 25 heavy (non-hydrogen) atoms. The number of fused-ring (bicyclic) bond motifs is 1. The summed E-state index contributed by atoms with van der Waals surface area (Å²) in [5.74, 6) is -2.19. The summed E-state index contributed by atoms with van der Waals surface area (Å²) in [6.07, 6.45) is 0. The van der Waals surface area contributed by atoms with E-state index in [9.17, 15) is 19.8 Å². The lowest BCUT2D eigenvalue weighted by Crippen LogP contribution is -2.38. The zero-order valence-electron chi connectivity index (χ0n) is 13.8. The zero-order chi connectivity index (χ0) is 18.4. The van der Waals surface area contributed by atoms with Gasteiger partial charge in [-0.1, -0.05) is 24.3 Å². The average molecular weight is 344 g/mol. The second-order valence-electron chi connectivity index (χ2n) is 5.45. The first-order valence-corrected chi connectivity index (χ1v) is 7.35. The van der Waals surface area contributed by atoms with Crippen molar-refractivity contribution in [3.05, 3.63) is 47.0 Å². The van der Waals surface area contributed by atoms with Crippen molar-refractivity contribution in [2.45, 2.75) is 5.60 Å². The highest BCUT2D eigenvalue weighted by Gasteiger charge is 2.56. The molecule has 2 aromatic carbocycles. The fraction of sp³-hybridized carbons (Fsp3) is 0.222. The van der Waals surface area contributed by atoms with Gasteiger partial charge >= 0.3 is 0 Å². The molecule has 0 radical (unpaired) electrons. The van der Waals surface area contributed by atoms with E-state index in [4.69, 9.17) is 14.2 Å². The van der Waals surface area contributed by atoms with Gasteiger partial charge in [-0.2, -0.15) is 0 Å². The van der Waals surface area contributed by atoms with Crippen LogP contribution < -0.4 is 14.2 Å². The Hall–Kier alpha value is -3.06. The average Bonchev–Trinajstić information content (AvgIpc) is 2.82. The summed E-state index contributed by atoms with van der Waals surface area (Å²) in [4.78, 5) is 25.6. The number of aliphatic hydroxyl groups is 1. The third-order valence-corrected chi connectivity index (χ3v) is 4.24. The van der Waals surface area contributed by atoms with Crippen LogP contribution in [0.5, 0.6) is 23.0 Å². The van der Waals surface area contributed by atoms with Crippen LogP contribution in [0.15, 0.2) is 30.3 Å². The number of methoxy groups -OCH3 is 3. The molecule has 0 fully saturated rings. The van der Waals surface area contributed by atoms with Gasteiger partial charge < -0.3 is 24.4 Å². The van der Waals surface area contributed by atoms with Gasteiger partial charge in [-0.15, -0.1) is 0 Å². The molecule has 7 nitrogen and oxygen atoms in total. The number of aromatic hydroxyl groups is 1. The normalized spacial score (nSPS) is 15.0. The van der Waals surface area contributed by atoms with Crippen LogP contribution in [0, 0.1) is 0 Å². The van der Waals surface area contributed by atoms with Crippen molar-refractivity contribution in [2.75, 3.05) is 21.3 Å². The molecule has 3 rings (SSSR count). The van der Waals surface area contributed by atoms with Crippen molar-refractivity contribution in [3.63, 3.8) is 0 Å². The molecule has 0 aromatic heterocycles. The van der Waals surface area contributed by atoms with Crippen molar-refractivity contribution in [1.82, 2.24) is 0 Å². The van der Waals surface area contributed by atoms with Gasteiger partial charge in [0, 0.05) is 17.2 Å². The summed E-state index contributed by atoms with van der Waals surface area (Å²) in [5, 5.41) is 21.5. The molecule has 130 valence electrons. The Morgan fingerprint density at radius 1 is 0.880 bits per heavy atom. The minimum absolute atomic E-state index is 0.0442. The lowest BCUT2D eigenvalue weighted by atomic mass is 9.86. The molecule has 2 N–H and O–H groups in total. The number of carbonyl (C=O) groups excluding carboxylic acids is 2. The van der Waals surface area contributed by atoms with Gasteiger partial charge in [-0.3, -0.25) is 9.59 Å². The highest BCUT2D eigenvalue weighted by molar-refractivity contribution is 6.32. The van der Waals surface area contributed by atoms with Crippen LogP contribution in [0.2, 0.25) is 0 Å². The van der Waals surface area contributed by atoms with Crippen molar-refractivity contribution >= 4 is 11.6 Å². The van der Waals surface area contributed by atoms with E-state index in [-0.39, 0.29) is 33.9 Å². The lowest BCUT2D eigenvalue weighted by molar-refractivity contribution is 0.0302. The second-order valence-corrected chi connectivity index (χ2v) is 5.45. The van der Waals surface area contributed by atoms with E-state index in [0.717, 1.165) is 6.07 Å². The molecule has 7 heteroatoms. The largest absolute Gasteiger partial charge is 0.507 e. The smallest absolute Gasteiger partial charge is 0.223 e. The first-order valence-electron chi connectivity index (χ1n) is 7.35. The summed E-state index contributed by atoms with van der Waals surface area (Å²) < 4.78 is 15.6. The van der Waals surface area contributed by atoms with Gasteiger partial charge in [0.15, 0.2) is 11.5 Å². The van der Waals surface area contributed by atoms with Crippen LogP contribution >= 0.6 is 0 Å². The highest BCUT2D eigenvalue weighted by Crippen LogP contribution is 2.52. The minimum Gasteiger partial charge on any atom is -0.507 e. The molecule has 0 bridgehead atoms. The number of ketones is 2. The van der Waals surface area contributed by atoms with E-state index in [0.29, 0.717) is 0 Å². The summed E-state index contributed by atoms with van der Waals surface area (Å²) in [7, 11) is 3.95. The predicted molar refractivity (Wildman–Crippen MR) is 86.8 cm³/mol. The van der Waals surface area contributed by atoms with Crippen LogP contribution in [-0.4, -0.2) is 43.1 Å². The summed E-state index contributed by atoms with van der Waals surface area (Å²) in [5.41, 5.74) is -2.84. The third kappa shape index (κ3) is 2.09. The van der Waals surface area contributed by atoms with Crippen LogP contribution in [0.1, 0.15) is 26.3 Å². The maximum absolute atomic E-state index is 12.8. The second kappa shape index (κ2) is 5.78. The molecule has 1 aliphatic rings. The van der Waals surface area contributed by atoms with E-state index in [2.05, 4.69) is 0 Å². The van der Waals surface area contributed by atoms with Crippen LogP contribution in [-0.2, 0) is 5.60 Å². The van der Waals surface area contributed by atoms with Crippen molar-refractivity contribution in [1.29, 1.82) is 0 Å². The molecular weight excluding hydrogens is 328 g/mol. The van der Waals surface area contributed by atoms with Crippen LogP contribution in [0.3, 0.4) is 0 Å². The van der Waals surface area contributed by atoms with Crippen molar-refractivity contribution in [3.8, 4) is 23.0 Å². The van der Waals surface area contributed by atoms with E-state index in [1.807, 2.05) is 0 Å². The van der Waals surface area contributed by atoms with E-state index in [1.165, 1.54) is 33.5 Å². The van der Waals surface area contributed by atoms with E-state index in [1.54, 1.807) is 12.1 Å². The number of Topliss-reactive ketones (excluding diaryl/α,β-unsaturated/α-hetero) is 2. The summed E-state index contributed by atoms with van der Waals surface area (Å²) >= 11 is 0. The molecule has 0 amide bonds. The first kappa shape index (κ1) is 16.8. The number of phenolic OH excluding ortho intramolecular Hbond substituents is 1. The SMILES string of the molecule is COc1cc(O)c(C2(O)C(=O)c3ccccc3C2=O)c(OC)c1OC. The number of phenols is 1. The van der Waals surface area contributed by atoms with Gasteiger partial charge in [0.2, 0.25) is 22.9 Å². The Morgan fingerprint density at radius 3 is 1.84 bits per heavy atom. The fourth-order valence-corrected chi connectivity index (χ4v) is 3.09. The van der Waals surface area contributed by atoms with Crippen LogP contribution in [0.4, 0.5) is 0 Å². The third-order valence-electron chi connectivity index (χ3n) is 4.24. The molecule has 0 heterocycles. The number of rotatable bonds is 4. The number of hydrogen-bond donors (Lipinski definition) is 2. The lowest BCUT2D eigenvalue weighted by Gasteiger charge is -2.25. The van der Waals surface area contributed by atoms with Gasteiger partial charge in [-0.25, -0.2) is 0 Å². The topological polar surface area (TPSA) is 102 Å². The molecule has 0 spiro atoms. The fourth-order valence-electron chi connectivity index (χ4n) is 3.09. The predicted octanol–water partition coefficient (Wildman–Crippen LogP) is 1.68. The van der Waals surface area contributed by atoms with Gasteiger partial charge in [-0.05, 0) is 0 Å². The molecule has 0 atom stereocenters. The Morgan fingerprint density at radius 2 is 1.40 bits per heavy atom. The Balaban J connectivity index is 2.34. The molecular formula is C18H16O7. The Bertz CT molecular complexity index is 850. The van der Waals surface area contributed by atoms with Gasteiger partial charge in [0.05, 0.1) is 26.9 Å². The maximum atomic E-state index is 12.8. The van der Waals surface area contributed by atoms with E-state index < -0.39 is 22.9 Å². The standard InChI is InChI=1S/C18H16O7/c1-23-12-8-11(19)13(15(25-3)14(12)24-2)18(22)16(20)9-6-4-5-7-10(9)17(18)21/h4-8,19,22H,1-3H3. The summed E-state index contributed by atoms with van der Waals surface area (Å²) in [6, 6.07) is 7.21. The molecule has 2 aromatic rings. The van der Waals surface area contributed by atoms with E-state index >= 15 is 0 Å². The van der Waals surface area contributed by atoms with Gasteiger partial charge in [0.1, 0.15) is 5.75 Å². The molecule has 0 unspecified atom stereocenters. The zero-order valence-corrected chi connectivity index (χ0v) is 13.8. The number of hydrogen-bond acceptors (Lipinski definition) is 7. The Kier molecular flexibility index (Phi) is 3.88. The van der Waals surface area contributed by atoms with Crippen LogP contribution in [0.25, 0.3) is 0 Å². The molecule has 0 saturated heterocycles. The number of ether oxygens (including phenoxy) is 3. The number of benzene rings is 2. The molecule has 1 aliphatic carbocycles. The molecule has 0 saturated carbocycles. The summed E-state index contributed by atoms with van der Waals surface area (Å²) in [6.45, 7) is 0. The minimum atomic E-state index is -2.61. The quantitative estimate of drug-likeness (QED) is 0.814. The first-order chi connectivity index (χ1) is 11.9. The van der Waals surface area contributed by atoms with Crippen molar-refractivity contribution < 1.29 is 34.0 Å². The monoisotopic (exact) mass is 344 g/mol. The van der Waals surface area contributed by atoms with Crippen molar-refractivity contribution in [2.24, 2.45) is 0 Å². The maximum Gasteiger partial charge on any atom is 0.223 e. The highest BCUT2D eigenvalue weighted by atomic mass is 16.5.